The molecule has 2 amide bonds. The second-order valence-corrected chi connectivity index (χ2v) is 7.24. The van der Waals surface area contributed by atoms with Gasteiger partial charge in [0.25, 0.3) is 5.91 Å². The van der Waals surface area contributed by atoms with Gasteiger partial charge in [-0.2, -0.15) is 0 Å². The molecule has 0 atom stereocenters. The predicted molar refractivity (Wildman–Crippen MR) is 122 cm³/mol. The molecular formula is C25H23N3O3. The number of furan rings is 1. The van der Waals surface area contributed by atoms with Crippen LogP contribution in [-0.2, 0) is 11.3 Å². The van der Waals surface area contributed by atoms with E-state index in [1.54, 1.807) is 42.7 Å². The number of carbonyl (C=O) groups excluding carboxylic acids is 2. The molecule has 2 N–H and O–H groups in total. The largest absolute Gasteiger partial charge is 0.467 e. The van der Waals surface area contributed by atoms with Gasteiger partial charge in [0.2, 0.25) is 5.91 Å². The summed E-state index contributed by atoms with van der Waals surface area (Å²) in [6.45, 7) is 0.430. The maximum absolute atomic E-state index is 12.7. The number of likely N-dealkylation sites (N-methyl/N-ethyl adjacent to an activating group) is 1. The highest BCUT2D eigenvalue weighted by molar-refractivity contribution is 6.04. The van der Waals surface area contributed by atoms with Crippen molar-refractivity contribution in [2.24, 2.45) is 0 Å². The molecule has 1 aromatic heterocycles. The number of anilines is 2. The summed E-state index contributed by atoms with van der Waals surface area (Å²) in [6, 6.07) is 24.7. The SMILES string of the molecule is CN(CC(=O)Nc1ccccc1C(=O)NCc1ccco1)c1ccc2ccccc2c1. The smallest absolute Gasteiger partial charge is 0.253 e. The molecule has 1 heterocycles. The van der Waals surface area contributed by atoms with Crippen molar-refractivity contribution in [1.82, 2.24) is 5.32 Å². The zero-order valence-corrected chi connectivity index (χ0v) is 17.2. The van der Waals surface area contributed by atoms with Crippen molar-refractivity contribution in [3.05, 3.63) is 96.4 Å². The molecule has 0 bridgehead atoms. The zero-order valence-electron chi connectivity index (χ0n) is 17.2. The van der Waals surface area contributed by atoms with E-state index < -0.39 is 0 Å². The minimum absolute atomic E-state index is 0.153. The number of para-hydroxylation sites is 1. The molecule has 3 aromatic carbocycles. The van der Waals surface area contributed by atoms with Crippen LogP contribution in [-0.4, -0.2) is 25.4 Å². The molecule has 6 heteroatoms. The Morgan fingerprint density at radius 1 is 0.903 bits per heavy atom. The number of hydrogen-bond acceptors (Lipinski definition) is 4. The minimum atomic E-state index is -0.282. The molecule has 4 rings (SSSR count). The van der Waals surface area contributed by atoms with Crippen LogP contribution in [0.5, 0.6) is 0 Å². The topological polar surface area (TPSA) is 74.6 Å². The van der Waals surface area contributed by atoms with Crippen LogP contribution in [0.2, 0.25) is 0 Å². The Morgan fingerprint density at radius 3 is 2.48 bits per heavy atom. The van der Waals surface area contributed by atoms with Gasteiger partial charge in [-0.25, -0.2) is 0 Å². The molecule has 0 unspecified atom stereocenters. The van der Waals surface area contributed by atoms with Gasteiger partial charge in [-0.05, 0) is 47.2 Å². The summed E-state index contributed by atoms with van der Waals surface area (Å²) in [4.78, 5) is 27.2. The zero-order chi connectivity index (χ0) is 21.6. The third-order valence-electron chi connectivity index (χ3n) is 5.00. The van der Waals surface area contributed by atoms with Crippen molar-refractivity contribution in [3.8, 4) is 0 Å². The molecule has 0 fully saturated rings. The molecule has 31 heavy (non-hydrogen) atoms. The number of nitrogens with zero attached hydrogens (tertiary/aromatic N) is 1. The Labute approximate surface area is 180 Å². The fourth-order valence-corrected chi connectivity index (χ4v) is 3.38. The van der Waals surface area contributed by atoms with E-state index >= 15 is 0 Å². The van der Waals surface area contributed by atoms with E-state index in [1.807, 2.05) is 42.3 Å². The lowest BCUT2D eigenvalue weighted by molar-refractivity contribution is -0.114. The van der Waals surface area contributed by atoms with Gasteiger partial charge in [0.05, 0.1) is 30.6 Å². The fourth-order valence-electron chi connectivity index (χ4n) is 3.38. The second-order valence-electron chi connectivity index (χ2n) is 7.24. The highest BCUT2D eigenvalue weighted by atomic mass is 16.3. The summed E-state index contributed by atoms with van der Waals surface area (Å²) in [5, 5.41) is 7.93. The molecule has 4 aromatic rings. The van der Waals surface area contributed by atoms with E-state index in [-0.39, 0.29) is 24.9 Å². The quantitative estimate of drug-likeness (QED) is 0.470. The number of rotatable bonds is 7. The molecule has 6 nitrogen and oxygen atoms in total. The van der Waals surface area contributed by atoms with Gasteiger partial charge in [0, 0.05) is 12.7 Å². The Balaban J connectivity index is 1.41. The first-order valence-electron chi connectivity index (χ1n) is 9.99. The van der Waals surface area contributed by atoms with E-state index in [4.69, 9.17) is 4.42 Å². The van der Waals surface area contributed by atoms with Gasteiger partial charge in [0.15, 0.2) is 0 Å². The number of benzene rings is 3. The molecule has 156 valence electrons. The van der Waals surface area contributed by atoms with E-state index in [0.717, 1.165) is 16.5 Å². The average molecular weight is 413 g/mol. The van der Waals surface area contributed by atoms with Crippen molar-refractivity contribution in [2.75, 3.05) is 23.8 Å². The Kier molecular flexibility index (Phi) is 5.98. The normalized spacial score (nSPS) is 10.6. The van der Waals surface area contributed by atoms with Crippen molar-refractivity contribution in [3.63, 3.8) is 0 Å². The molecule has 0 saturated carbocycles. The first-order chi connectivity index (χ1) is 15.1. The van der Waals surface area contributed by atoms with Gasteiger partial charge in [-0.1, -0.05) is 42.5 Å². The van der Waals surface area contributed by atoms with Gasteiger partial charge < -0.3 is 20.0 Å². The lowest BCUT2D eigenvalue weighted by atomic mass is 10.1. The molecule has 0 aliphatic heterocycles. The Bertz CT molecular complexity index is 1200. The Hall–Kier alpha value is -4.06. The van der Waals surface area contributed by atoms with Gasteiger partial charge in [0.1, 0.15) is 5.76 Å². The minimum Gasteiger partial charge on any atom is -0.467 e. The third-order valence-corrected chi connectivity index (χ3v) is 5.00. The molecule has 0 radical (unpaired) electrons. The molecule has 0 aliphatic rings. The van der Waals surface area contributed by atoms with E-state index in [9.17, 15) is 9.59 Å². The first kappa shape index (κ1) is 20.2. The van der Waals surface area contributed by atoms with E-state index in [0.29, 0.717) is 17.0 Å². The van der Waals surface area contributed by atoms with Crippen LogP contribution in [0.3, 0.4) is 0 Å². The summed E-state index contributed by atoms with van der Waals surface area (Å²) in [7, 11) is 1.87. The van der Waals surface area contributed by atoms with Crippen LogP contribution in [0.1, 0.15) is 16.1 Å². The summed E-state index contributed by atoms with van der Waals surface area (Å²) >= 11 is 0. The Morgan fingerprint density at radius 2 is 1.68 bits per heavy atom. The van der Waals surface area contributed by atoms with Crippen LogP contribution < -0.4 is 15.5 Å². The van der Waals surface area contributed by atoms with E-state index in [2.05, 4.69) is 22.8 Å². The van der Waals surface area contributed by atoms with E-state index in [1.165, 1.54) is 0 Å². The number of hydrogen-bond donors (Lipinski definition) is 2. The van der Waals surface area contributed by atoms with Crippen LogP contribution in [0.15, 0.2) is 89.5 Å². The summed E-state index contributed by atoms with van der Waals surface area (Å²) in [5.74, 6) is 0.170. The monoisotopic (exact) mass is 413 g/mol. The highest BCUT2D eigenvalue weighted by Gasteiger charge is 2.15. The van der Waals surface area contributed by atoms with Crippen molar-refractivity contribution in [2.45, 2.75) is 6.54 Å². The molecular weight excluding hydrogens is 390 g/mol. The van der Waals surface area contributed by atoms with Gasteiger partial charge in [-0.15, -0.1) is 0 Å². The number of carbonyl (C=O) groups is 2. The predicted octanol–water partition coefficient (Wildman–Crippen LogP) is 4.44. The van der Waals surface area contributed by atoms with Crippen molar-refractivity contribution in [1.29, 1.82) is 0 Å². The molecule has 0 saturated heterocycles. The van der Waals surface area contributed by atoms with Gasteiger partial charge >= 0.3 is 0 Å². The van der Waals surface area contributed by atoms with Crippen LogP contribution in [0.4, 0.5) is 11.4 Å². The van der Waals surface area contributed by atoms with Crippen LogP contribution in [0, 0.1) is 0 Å². The van der Waals surface area contributed by atoms with Crippen molar-refractivity contribution >= 4 is 34.0 Å². The van der Waals surface area contributed by atoms with Crippen LogP contribution >= 0.6 is 0 Å². The molecule has 0 spiro atoms. The fraction of sp³-hybridized carbons (Fsp3) is 0.120. The number of nitrogens with one attached hydrogen (secondary N) is 2. The second kappa shape index (κ2) is 9.17. The lowest BCUT2D eigenvalue weighted by Gasteiger charge is -2.20. The maximum Gasteiger partial charge on any atom is 0.253 e. The highest BCUT2D eigenvalue weighted by Crippen LogP contribution is 2.21. The number of amides is 2. The van der Waals surface area contributed by atoms with Gasteiger partial charge in [-0.3, -0.25) is 9.59 Å². The average Bonchev–Trinajstić information content (AvgIpc) is 3.31. The van der Waals surface area contributed by atoms with Crippen molar-refractivity contribution < 1.29 is 14.0 Å². The summed E-state index contributed by atoms with van der Waals surface area (Å²) in [6.07, 6.45) is 1.56. The standard InChI is InChI=1S/C25H23N3O3/c1-28(20-13-12-18-7-2-3-8-19(18)15-20)17-24(29)27-23-11-5-4-10-22(23)25(30)26-16-21-9-6-14-31-21/h2-15H,16-17H2,1H3,(H,26,30)(H,27,29). The maximum atomic E-state index is 12.7. The number of fused-ring (bicyclic) bond motifs is 1. The first-order valence-corrected chi connectivity index (χ1v) is 9.99. The summed E-state index contributed by atoms with van der Waals surface area (Å²) < 4.78 is 5.24. The van der Waals surface area contributed by atoms with Crippen LogP contribution in [0.25, 0.3) is 10.8 Å². The summed E-state index contributed by atoms with van der Waals surface area (Å²) in [5.41, 5.74) is 1.81. The molecule has 0 aliphatic carbocycles. The lowest BCUT2D eigenvalue weighted by Crippen LogP contribution is -2.31. The third kappa shape index (κ3) is 4.93.